The van der Waals surface area contributed by atoms with Gasteiger partial charge in [0.05, 0.1) is 0 Å². The minimum Gasteiger partial charge on any atom is -0.0654 e. The molecule has 0 amide bonds. The second-order valence-corrected chi connectivity index (χ2v) is 21.9. The summed E-state index contributed by atoms with van der Waals surface area (Å²) in [5.41, 5.74) is 19.2. The number of hydrogen-bond acceptors (Lipinski definition) is 0. The Hall–Kier alpha value is -1.68. The van der Waals surface area contributed by atoms with E-state index < -0.39 is 0 Å². The lowest BCUT2D eigenvalue weighted by atomic mass is 9.64. The van der Waals surface area contributed by atoms with Crippen LogP contribution in [0, 0.1) is 0 Å². The van der Waals surface area contributed by atoms with Crippen LogP contribution in [0.2, 0.25) is 0 Å². The van der Waals surface area contributed by atoms with Crippen molar-refractivity contribution in [1.29, 1.82) is 0 Å². The Morgan fingerprint density at radius 3 is 0.833 bits per heavy atom. The van der Waals surface area contributed by atoms with E-state index in [9.17, 15) is 0 Å². The molecule has 3 unspecified atom stereocenters. The van der Waals surface area contributed by atoms with Gasteiger partial charge >= 0.3 is 0 Å². The molecule has 0 radical (unpaired) electrons. The summed E-state index contributed by atoms with van der Waals surface area (Å²) in [6, 6.07) is 22.4. The SMILES string of the molecule is CCCCCCCCC1(CC)c2cc(Br)ccc2-c2c1c1c(c3c2C(CC)(CCCCCCCC)c2cc(Br)ccc2-3)C(CC)(CCCCCCCC)c2cc(Br)ccc2-1. The summed E-state index contributed by atoms with van der Waals surface area (Å²) in [5, 5.41) is 0. The number of hydrogen-bond donors (Lipinski definition) is 0. The van der Waals surface area contributed by atoms with Gasteiger partial charge in [-0.05, 0) is 142 Å². The summed E-state index contributed by atoms with van der Waals surface area (Å²) >= 11 is 12.2. The molecule has 3 aliphatic carbocycles. The minimum absolute atomic E-state index is 0.0401. The van der Waals surface area contributed by atoms with Crippen molar-refractivity contribution in [3.63, 3.8) is 0 Å². The van der Waals surface area contributed by atoms with Gasteiger partial charge in [-0.3, -0.25) is 0 Å². The van der Waals surface area contributed by atoms with Crippen LogP contribution >= 0.6 is 47.8 Å². The zero-order valence-electron chi connectivity index (χ0n) is 38.3. The van der Waals surface area contributed by atoms with Crippen molar-refractivity contribution in [2.45, 2.75) is 212 Å². The molecule has 0 aliphatic heterocycles. The molecule has 0 aromatic heterocycles. The van der Waals surface area contributed by atoms with E-state index in [0.717, 1.165) is 19.3 Å². The molecule has 3 aliphatic rings. The normalized spacial score (nSPS) is 20.6. The molecule has 0 N–H and O–H groups in total. The fraction of sp³-hybridized carbons (Fsp3) is 0.579. The van der Waals surface area contributed by atoms with Gasteiger partial charge in [0, 0.05) is 29.7 Å². The Morgan fingerprint density at radius 1 is 0.333 bits per heavy atom. The van der Waals surface area contributed by atoms with Gasteiger partial charge in [0.1, 0.15) is 0 Å². The summed E-state index contributed by atoms with van der Waals surface area (Å²) in [6.45, 7) is 14.6. The van der Waals surface area contributed by atoms with Crippen molar-refractivity contribution in [3.8, 4) is 33.4 Å². The van der Waals surface area contributed by atoms with E-state index >= 15 is 0 Å². The quantitative estimate of drug-likeness (QED) is 0.0614. The number of rotatable bonds is 24. The van der Waals surface area contributed by atoms with Crippen molar-refractivity contribution >= 4 is 47.8 Å². The van der Waals surface area contributed by atoms with E-state index in [1.807, 2.05) is 0 Å². The third kappa shape index (κ3) is 8.16. The summed E-state index contributed by atoms with van der Waals surface area (Å²) < 4.78 is 3.67. The zero-order chi connectivity index (χ0) is 42.5. The topological polar surface area (TPSA) is 0 Å². The molecule has 4 aromatic carbocycles. The maximum Gasteiger partial charge on any atom is 0.0219 e. The second-order valence-electron chi connectivity index (χ2n) is 19.2. The van der Waals surface area contributed by atoms with E-state index in [4.69, 9.17) is 0 Å². The van der Waals surface area contributed by atoms with Crippen LogP contribution in [0.5, 0.6) is 0 Å². The van der Waals surface area contributed by atoms with Crippen LogP contribution in [0.4, 0.5) is 0 Å². The first-order valence-corrected chi connectivity index (χ1v) is 27.3. The highest BCUT2D eigenvalue weighted by Crippen LogP contribution is 2.71. The monoisotopic (exact) mass is 996 g/mol. The largest absolute Gasteiger partial charge is 0.0654 e. The van der Waals surface area contributed by atoms with Gasteiger partial charge in [-0.1, -0.05) is 223 Å². The Morgan fingerprint density at radius 2 is 0.583 bits per heavy atom. The second kappa shape index (κ2) is 20.4. The predicted octanol–water partition coefficient (Wildman–Crippen LogP) is 20.3. The predicted molar refractivity (Wildman–Crippen MR) is 273 cm³/mol. The molecule has 0 bridgehead atoms. The smallest absolute Gasteiger partial charge is 0.0219 e. The van der Waals surface area contributed by atoms with Gasteiger partial charge in [-0.15, -0.1) is 0 Å². The standard InChI is InChI=1S/C57H75Br3/c1-7-13-16-19-22-25-34-55(10-4)46-37-40(58)28-31-43(46)49-52(55)50-44-32-29-41(59)38-47(44)56(11-5,35-26-23-20-17-14-8-2)54(50)51-45-33-30-42(60)39-48(45)57(12-6,53(49)51)36-27-24-21-18-15-9-3/h28-33,37-39H,7-27,34-36H2,1-6H3. The first kappa shape index (κ1) is 46.3. The van der Waals surface area contributed by atoms with Crippen LogP contribution in [-0.2, 0) is 16.2 Å². The van der Waals surface area contributed by atoms with Gasteiger partial charge in [-0.2, -0.15) is 0 Å². The molecule has 4 aromatic rings. The number of unbranched alkanes of at least 4 members (excludes halogenated alkanes) is 15. The van der Waals surface area contributed by atoms with E-state index in [0.29, 0.717) is 0 Å². The van der Waals surface area contributed by atoms with Crippen molar-refractivity contribution in [3.05, 3.63) is 101 Å². The molecule has 0 spiro atoms. The van der Waals surface area contributed by atoms with Crippen LogP contribution in [-0.4, -0.2) is 0 Å². The van der Waals surface area contributed by atoms with Gasteiger partial charge in [-0.25, -0.2) is 0 Å². The summed E-state index contributed by atoms with van der Waals surface area (Å²) in [6.07, 6.45) is 31.0. The van der Waals surface area contributed by atoms with Gasteiger partial charge in [0.15, 0.2) is 0 Å². The molecule has 0 saturated heterocycles. The minimum atomic E-state index is -0.0401. The molecule has 324 valence electrons. The maximum atomic E-state index is 4.06. The summed E-state index contributed by atoms with van der Waals surface area (Å²) in [7, 11) is 0. The summed E-state index contributed by atoms with van der Waals surface area (Å²) in [5.74, 6) is 0. The Labute approximate surface area is 391 Å². The van der Waals surface area contributed by atoms with Crippen molar-refractivity contribution in [2.24, 2.45) is 0 Å². The lowest BCUT2D eigenvalue weighted by Gasteiger charge is -2.38. The van der Waals surface area contributed by atoms with Crippen LogP contribution < -0.4 is 0 Å². The number of benzene rings is 4. The van der Waals surface area contributed by atoms with E-state index in [2.05, 4.69) is 144 Å². The summed E-state index contributed by atoms with van der Waals surface area (Å²) in [4.78, 5) is 0. The van der Waals surface area contributed by atoms with E-state index in [-0.39, 0.29) is 16.2 Å². The highest BCUT2D eigenvalue weighted by atomic mass is 79.9. The van der Waals surface area contributed by atoms with Crippen LogP contribution in [0.1, 0.15) is 229 Å². The van der Waals surface area contributed by atoms with E-state index in [1.54, 1.807) is 50.1 Å². The molecule has 0 nitrogen and oxygen atoms in total. The molecule has 7 rings (SSSR count). The molecule has 3 atom stereocenters. The fourth-order valence-corrected chi connectivity index (χ4v) is 13.9. The average molecular weight is 1000 g/mol. The zero-order valence-corrected chi connectivity index (χ0v) is 43.1. The molecule has 0 saturated carbocycles. The molecule has 3 heteroatoms. The first-order chi connectivity index (χ1) is 29.2. The average Bonchev–Trinajstić information content (AvgIpc) is 3.80. The van der Waals surface area contributed by atoms with Crippen molar-refractivity contribution in [1.82, 2.24) is 0 Å². The highest BCUT2D eigenvalue weighted by molar-refractivity contribution is 9.11. The number of fused-ring (bicyclic) bond motifs is 12. The van der Waals surface area contributed by atoms with Gasteiger partial charge in [0.2, 0.25) is 0 Å². The third-order valence-corrected chi connectivity index (χ3v) is 17.4. The maximum absolute atomic E-state index is 4.06. The Bertz CT molecular complexity index is 1850. The molecular weight excluding hydrogens is 924 g/mol. The molecule has 0 heterocycles. The van der Waals surface area contributed by atoms with Gasteiger partial charge in [0.25, 0.3) is 0 Å². The van der Waals surface area contributed by atoms with Crippen LogP contribution in [0.15, 0.2) is 68.0 Å². The number of halogens is 3. The van der Waals surface area contributed by atoms with Crippen LogP contribution in [0.3, 0.4) is 0 Å². The third-order valence-electron chi connectivity index (χ3n) is 15.9. The lowest BCUT2D eigenvalue weighted by Crippen LogP contribution is -2.30. The Kier molecular flexibility index (Phi) is 15.8. The van der Waals surface area contributed by atoms with Gasteiger partial charge < -0.3 is 0 Å². The fourth-order valence-electron chi connectivity index (χ4n) is 12.8. The van der Waals surface area contributed by atoms with E-state index in [1.165, 1.54) is 165 Å². The van der Waals surface area contributed by atoms with Crippen molar-refractivity contribution in [2.75, 3.05) is 0 Å². The molecule has 60 heavy (non-hydrogen) atoms. The first-order valence-electron chi connectivity index (χ1n) is 24.9. The highest BCUT2D eigenvalue weighted by Gasteiger charge is 2.57. The van der Waals surface area contributed by atoms with Crippen LogP contribution in [0.25, 0.3) is 33.4 Å². The molecular formula is C57H75Br3. The molecule has 0 fully saturated rings. The lowest BCUT2D eigenvalue weighted by molar-refractivity contribution is 0.421. The van der Waals surface area contributed by atoms with Crippen molar-refractivity contribution < 1.29 is 0 Å². The Balaban J connectivity index is 1.56.